The van der Waals surface area contributed by atoms with Gasteiger partial charge >= 0.3 is 5.97 Å². The lowest BCUT2D eigenvalue weighted by Gasteiger charge is -2.10. The van der Waals surface area contributed by atoms with Crippen LogP contribution in [0.3, 0.4) is 0 Å². The highest BCUT2D eigenvalue weighted by Crippen LogP contribution is 2.27. The van der Waals surface area contributed by atoms with Crippen LogP contribution in [0.15, 0.2) is 70.2 Å². The molecule has 36 heavy (non-hydrogen) atoms. The fourth-order valence-electron chi connectivity index (χ4n) is 2.91. The number of ether oxygens (including phenoxy) is 3. The second kappa shape index (κ2) is 12.7. The summed E-state index contributed by atoms with van der Waals surface area (Å²) in [7, 11) is 2.95. The molecule has 0 aliphatic carbocycles. The quantitative estimate of drug-likeness (QED) is 0.171. The van der Waals surface area contributed by atoms with Crippen LogP contribution in [-0.4, -0.2) is 44.8 Å². The molecular formula is C25H21BrClN3O6. The largest absolute Gasteiger partial charge is 0.493 e. The Labute approximate surface area is 220 Å². The number of benzene rings is 3. The summed E-state index contributed by atoms with van der Waals surface area (Å²) in [6, 6.07) is 15.9. The van der Waals surface area contributed by atoms with E-state index in [1.807, 2.05) is 0 Å². The van der Waals surface area contributed by atoms with Crippen molar-refractivity contribution in [1.82, 2.24) is 10.7 Å². The van der Waals surface area contributed by atoms with Crippen LogP contribution in [0.5, 0.6) is 17.2 Å². The molecule has 0 fully saturated rings. The molecular weight excluding hydrogens is 554 g/mol. The Hall–Kier alpha value is -3.89. The molecule has 0 spiro atoms. The lowest BCUT2D eigenvalue weighted by molar-refractivity contribution is -0.120. The van der Waals surface area contributed by atoms with Crippen molar-refractivity contribution in [2.24, 2.45) is 5.10 Å². The molecule has 0 saturated heterocycles. The van der Waals surface area contributed by atoms with Gasteiger partial charge in [0, 0.05) is 20.6 Å². The summed E-state index contributed by atoms with van der Waals surface area (Å²) in [6.45, 7) is -0.318. The molecule has 0 unspecified atom stereocenters. The third-order valence-corrected chi connectivity index (χ3v) is 5.45. The molecule has 0 aliphatic rings. The third-order valence-electron chi connectivity index (χ3n) is 4.70. The zero-order valence-corrected chi connectivity index (χ0v) is 21.6. The van der Waals surface area contributed by atoms with Gasteiger partial charge in [0.15, 0.2) is 11.5 Å². The molecule has 0 aliphatic heterocycles. The molecule has 0 saturated carbocycles. The molecule has 0 radical (unpaired) electrons. The van der Waals surface area contributed by atoms with Gasteiger partial charge in [-0.05, 0) is 60.7 Å². The zero-order valence-electron chi connectivity index (χ0n) is 19.2. The van der Waals surface area contributed by atoms with Crippen LogP contribution in [-0.2, 0) is 4.79 Å². The van der Waals surface area contributed by atoms with Gasteiger partial charge < -0.3 is 19.5 Å². The number of nitrogens with one attached hydrogen (secondary N) is 2. The van der Waals surface area contributed by atoms with E-state index in [-0.39, 0.29) is 12.3 Å². The molecule has 2 amide bonds. The van der Waals surface area contributed by atoms with E-state index in [0.29, 0.717) is 37.7 Å². The Morgan fingerprint density at radius 2 is 1.58 bits per heavy atom. The topological polar surface area (TPSA) is 115 Å². The summed E-state index contributed by atoms with van der Waals surface area (Å²) in [5, 5.41) is 6.89. The van der Waals surface area contributed by atoms with Crippen molar-refractivity contribution >= 4 is 51.5 Å². The summed E-state index contributed by atoms with van der Waals surface area (Å²) in [4.78, 5) is 36.9. The second-order valence-corrected chi connectivity index (χ2v) is 8.48. The van der Waals surface area contributed by atoms with Crippen LogP contribution in [0, 0.1) is 0 Å². The number of carbonyl (C=O) groups is 3. The third kappa shape index (κ3) is 7.30. The van der Waals surface area contributed by atoms with Crippen molar-refractivity contribution in [2.45, 2.75) is 0 Å². The van der Waals surface area contributed by atoms with Crippen LogP contribution in [0.2, 0.25) is 5.02 Å². The van der Waals surface area contributed by atoms with Gasteiger partial charge in [0.2, 0.25) is 0 Å². The van der Waals surface area contributed by atoms with E-state index in [4.69, 9.17) is 25.8 Å². The lowest BCUT2D eigenvalue weighted by atomic mass is 10.2. The molecule has 3 aromatic carbocycles. The average molecular weight is 575 g/mol. The van der Waals surface area contributed by atoms with E-state index in [1.54, 1.807) is 54.6 Å². The number of nitrogens with zero attached hydrogens (tertiary/aromatic N) is 1. The van der Waals surface area contributed by atoms with Crippen molar-refractivity contribution in [3.63, 3.8) is 0 Å². The average Bonchev–Trinajstić information content (AvgIpc) is 2.88. The molecule has 0 bridgehead atoms. The normalized spacial score (nSPS) is 10.6. The highest BCUT2D eigenvalue weighted by Gasteiger charge is 2.13. The Bertz CT molecular complexity index is 1300. The van der Waals surface area contributed by atoms with E-state index in [2.05, 4.69) is 31.8 Å². The fraction of sp³-hybridized carbons (Fsp3) is 0.120. The molecule has 9 nitrogen and oxygen atoms in total. The van der Waals surface area contributed by atoms with E-state index < -0.39 is 17.8 Å². The first kappa shape index (κ1) is 26.7. The van der Waals surface area contributed by atoms with E-state index in [1.165, 1.54) is 26.5 Å². The molecule has 186 valence electrons. The summed E-state index contributed by atoms with van der Waals surface area (Å²) >= 11 is 9.20. The first-order valence-electron chi connectivity index (χ1n) is 10.4. The van der Waals surface area contributed by atoms with Crippen molar-refractivity contribution in [3.05, 3.63) is 86.8 Å². The number of hydrogen-bond acceptors (Lipinski definition) is 7. The van der Waals surface area contributed by atoms with Crippen LogP contribution in [0.1, 0.15) is 26.3 Å². The fourth-order valence-corrected chi connectivity index (χ4v) is 3.42. The molecule has 3 rings (SSSR count). The minimum Gasteiger partial charge on any atom is -0.493 e. The summed E-state index contributed by atoms with van der Waals surface area (Å²) in [6.07, 6.45) is 1.32. The number of rotatable bonds is 9. The number of halogens is 2. The maximum atomic E-state index is 12.4. The Kier molecular flexibility index (Phi) is 9.43. The number of amides is 2. The molecule has 11 heteroatoms. The molecule has 3 aromatic rings. The van der Waals surface area contributed by atoms with E-state index in [0.717, 1.165) is 0 Å². The minimum atomic E-state index is -0.578. The number of esters is 1. The Morgan fingerprint density at radius 3 is 2.28 bits per heavy atom. The summed E-state index contributed by atoms with van der Waals surface area (Å²) < 4.78 is 16.5. The van der Waals surface area contributed by atoms with Crippen molar-refractivity contribution < 1.29 is 28.6 Å². The predicted molar refractivity (Wildman–Crippen MR) is 138 cm³/mol. The van der Waals surface area contributed by atoms with Gasteiger partial charge in [-0.25, -0.2) is 10.2 Å². The molecule has 0 heterocycles. The van der Waals surface area contributed by atoms with Gasteiger partial charge in [-0.2, -0.15) is 5.10 Å². The van der Waals surface area contributed by atoms with Gasteiger partial charge in [-0.1, -0.05) is 27.5 Å². The predicted octanol–water partition coefficient (Wildman–Crippen LogP) is 4.22. The number of hydrogen-bond donors (Lipinski definition) is 2. The van der Waals surface area contributed by atoms with Crippen LogP contribution >= 0.6 is 27.5 Å². The lowest BCUT2D eigenvalue weighted by Crippen LogP contribution is -2.34. The highest BCUT2D eigenvalue weighted by atomic mass is 79.9. The Balaban J connectivity index is 1.58. The van der Waals surface area contributed by atoms with Gasteiger partial charge in [0.25, 0.3) is 11.8 Å². The number of hydrazone groups is 1. The second-order valence-electron chi connectivity index (χ2n) is 7.12. The van der Waals surface area contributed by atoms with Crippen molar-refractivity contribution in [2.75, 3.05) is 20.8 Å². The van der Waals surface area contributed by atoms with Crippen molar-refractivity contribution in [3.8, 4) is 17.2 Å². The minimum absolute atomic E-state index is 0.234. The van der Waals surface area contributed by atoms with Gasteiger partial charge in [0.05, 0.1) is 32.5 Å². The number of methoxy groups -OCH3 is 2. The first-order valence-corrected chi connectivity index (χ1v) is 11.6. The molecule has 0 aromatic heterocycles. The van der Waals surface area contributed by atoms with Crippen LogP contribution in [0.25, 0.3) is 0 Å². The molecule has 0 atom stereocenters. The van der Waals surface area contributed by atoms with E-state index in [9.17, 15) is 14.4 Å². The first-order chi connectivity index (χ1) is 17.3. The van der Waals surface area contributed by atoms with Crippen LogP contribution in [0.4, 0.5) is 0 Å². The van der Waals surface area contributed by atoms with E-state index >= 15 is 0 Å². The number of carbonyl (C=O) groups excluding carboxylic acids is 3. The maximum Gasteiger partial charge on any atom is 0.343 e. The van der Waals surface area contributed by atoms with Gasteiger partial charge in [0.1, 0.15) is 5.75 Å². The standard InChI is InChI=1S/C25H21BrClN3O6/c1-34-21-9-5-16(12-22(21)35-2)24(32)28-14-23(31)30-29-13-17-11-18(26)6-10-20(17)36-25(33)15-3-7-19(27)8-4-15/h3-13H,14H2,1-2H3,(H,28,32)(H,30,31). The Morgan fingerprint density at radius 1 is 0.917 bits per heavy atom. The summed E-state index contributed by atoms with van der Waals surface area (Å²) in [5.41, 5.74) is 3.37. The maximum absolute atomic E-state index is 12.4. The van der Waals surface area contributed by atoms with Gasteiger partial charge in [-0.15, -0.1) is 0 Å². The SMILES string of the molecule is COc1ccc(C(=O)NCC(=O)NN=Cc2cc(Br)ccc2OC(=O)c2ccc(Cl)cc2)cc1OC. The van der Waals surface area contributed by atoms with Gasteiger partial charge in [-0.3, -0.25) is 9.59 Å². The molecule has 2 N–H and O–H groups in total. The smallest absolute Gasteiger partial charge is 0.343 e. The van der Waals surface area contributed by atoms with Crippen molar-refractivity contribution in [1.29, 1.82) is 0 Å². The summed E-state index contributed by atoms with van der Waals surface area (Å²) in [5.74, 6) is -0.510. The van der Waals surface area contributed by atoms with Crippen LogP contribution < -0.4 is 25.0 Å². The highest BCUT2D eigenvalue weighted by molar-refractivity contribution is 9.10. The monoisotopic (exact) mass is 573 g/mol. The zero-order chi connectivity index (χ0) is 26.1.